The van der Waals surface area contributed by atoms with Crippen molar-refractivity contribution >= 4 is 23.1 Å². The van der Waals surface area contributed by atoms with Crippen LogP contribution in [0.1, 0.15) is 11.4 Å². The first-order valence-corrected chi connectivity index (χ1v) is 8.23. The van der Waals surface area contributed by atoms with Gasteiger partial charge >= 0.3 is 0 Å². The van der Waals surface area contributed by atoms with Crippen LogP contribution < -0.4 is 5.56 Å². The summed E-state index contributed by atoms with van der Waals surface area (Å²) in [7, 11) is 0. The number of fused-ring (bicyclic) bond motifs is 1. The van der Waals surface area contributed by atoms with Crippen LogP contribution in [-0.4, -0.2) is 9.55 Å². The summed E-state index contributed by atoms with van der Waals surface area (Å²) in [5.74, 6) is 0.140. The summed E-state index contributed by atoms with van der Waals surface area (Å²) >= 11 is 0. The van der Waals surface area contributed by atoms with Gasteiger partial charge in [0, 0.05) is 0 Å². The van der Waals surface area contributed by atoms with E-state index >= 15 is 0 Å². The van der Waals surface area contributed by atoms with Gasteiger partial charge in [0.25, 0.3) is 5.56 Å². The molecule has 126 valence electrons. The first-order valence-electron chi connectivity index (χ1n) is 8.23. The molecular weight excluding hydrogens is 327 g/mol. The number of aromatic nitrogens is 2. The van der Waals surface area contributed by atoms with Crippen LogP contribution in [0.5, 0.6) is 0 Å². The van der Waals surface area contributed by atoms with Crippen molar-refractivity contribution in [3.05, 3.63) is 106 Å². The second-order valence-electron chi connectivity index (χ2n) is 5.85. The third-order valence-electron chi connectivity index (χ3n) is 4.11. The molecule has 0 unspecified atom stereocenters. The van der Waals surface area contributed by atoms with Gasteiger partial charge in [0.15, 0.2) is 0 Å². The average molecular weight is 342 g/mol. The van der Waals surface area contributed by atoms with Gasteiger partial charge in [-0.1, -0.05) is 48.5 Å². The maximum Gasteiger partial charge on any atom is 0.266 e. The lowest BCUT2D eigenvalue weighted by Gasteiger charge is -2.11. The van der Waals surface area contributed by atoms with Crippen LogP contribution in [0, 0.1) is 5.82 Å². The number of rotatable bonds is 3. The van der Waals surface area contributed by atoms with Gasteiger partial charge in [0.05, 0.1) is 16.6 Å². The van der Waals surface area contributed by atoms with E-state index in [2.05, 4.69) is 4.98 Å². The molecule has 3 nitrogen and oxygen atoms in total. The minimum Gasteiger partial charge on any atom is -0.268 e. The number of para-hydroxylation sites is 1. The van der Waals surface area contributed by atoms with Crippen molar-refractivity contribution in [1.29, 1.82) is 0 Å². The van der Waals surface area contributed by atoms with Gasteiger partial charge in [0.2, 0.25) is 0 Å². The Hall–Kier alpha value is -3.53. The molecule has 0 aliphatic rings. The van der Waals surface area contributed by atoms with Gasteiger partial charge in [-0.25, -0.2) is 9.37 Å². The Bertz CT molecular complexity index is 1150. The molecule has 1 aromatic heterocycles. The first kappa shape index (κ1) is 16.0. The molecule has 0 N–H and O–H groups in total. The van der Waals surface area contributed by atoms with Crippen LogP contribution >= 0.6 is 0 Å². The molecule has 4 rings (SSSR count). The molecule has 0 aliphatic carbocycles. The van der Waals surface area contributed by atoms with E-state index in [9.17, 15) is 9.18 Å². The topological polar surface area (TPSA) is 34.9 Å². The van der Waals surface area contributed by atoms with E-state index in [1.54, 1.807) is 30.3 Å². The number of halogens is 1. The van der Waals surface area contributed by atoms with Crippen LogP contribution in [-0.2, 0) is 0 Å². The van der Waals surface area contributed by atoms with Gasteiger partial charge in [0.1, 0.15) is 11.6 Å². The van der Waals surface area contributed by atoms with E-state index in [4.69, 9.17) is 0 Å². The molecular formula is C22H15FN2O. The third kappa shape index (κ3) is 3.05. The summed E-state index contributed by atoms with van der Waals surface area (Å²) in [6, 6.07) is 22.8. The predicted molar refractivity (Wildman–Crippen MR) is 103 cm³/mol. The standard InChI is InChI=1S/C22H15FN2O/c23-17-11-13-18(14-12-17)25-21(15-10-16-6-2-1-3-7-16)24-20-9-5-4-8-19(20)22(25)26/h1-15H. The van der Waals surface area contributed by atoms with Crippen molar-refractivity contribution in [2.45, 2.75) is 0 Å². The normalized spacial score (nSPS) is 11.3. The highest BCUT2D eigenvalue weighted by Crippen LogP contribution is 2.15. The third-order valence-corrected chi connectivity index (χ3v) is 4.11. The summed E-state index contributed by atoms with van der Waals surface area (Å²) < 4.78 is 14.8. The molecule has 0 saturated heterocycles. The van der Waals surface area contributed by atoms with Crippen LogP contribution in [0.2, 0.25) is 0 Å². The van der Waals surface area contributed by atoms with Gasteiger partial charge in [-0.2, -0.15) is 0 Å². The van der Waals surface area contributed by atoms with Gasteiger partial charge in [-0.15, -0.1) is 0 Å². The Balaban J connectivity index is 1.95. The molecule has 1 heterocycles. The maximum atomic E-state index is 13.3. The highest BCUT2D eigenvalue weighted by atomic mass is 19.1. The van der Waals surface area contributed by atoms with Crippen molar-refractivity contribution < 1.29 is 4.39 Å². The van der Waals surface area contributed by atoms with E-state index in [1.807, 2.05) is 48.5 Å². The molecule has 0 aliphatic heterocycles. The zero-order valence-corrected chi connectivity index (χ0v) is 13.8. The lowest BCUT2D eigenvalue weighted by atomic mass is 10.2. The SMILES string of the molecule is O=c1c2ccccc2nc(C=Cc2ccccc2)n1-c1ccc(F)cc1. The van der Waals surface area contributed by atoms with Crippen molar-refractivity contribution in [2.24, 2.45) is 0 Å². The molecule has 3 aromatic carbocycles. The molecule has 0 amide bonds. The van der Waals surface area contributed by atoms with Gasteiger partial charge < -0.3 is 0 Å². The van der Waals surface area contributed by atoms with Crippen molar-refractivity contribution in [2.75, 3.05) is 0 Å². The fourth-order valence-electron chi connectivity index (χ4n) is 2.84. The number of hydrogen-bond acceptors (Lipinski definition) is 2. The number of benzene rings is 3. The Kier molecular flexibility index (Phi) is 4.15. The second kappa shape index (κ2) is 6.76. The minimum atomic E-state index is -0.350. The molecule has 0 atom stereocenters. The van der Waals surface area contributed by atoms with Crippen molar-refractivity contribution in [3.8, 4) is 5.69 Å². The van der Waals surface area contributed by atoms with E-state index < -0.39 is 0 Å². The smallest absolute Gasteiger partial charge is 0.266 e. The molecule has 4 heteroatoms. The summed E-state index contributed by atoms with van der Waals surface area (Å²) in [6.07, 6.45) is 3.70. The van der Waals surface area contributed by atoms with Crippen molar-refractivity contribution in [3.63, 3.8) is 0 Å². The lowest BCUT2D eigenvalue weighted by molar-refractivity contribution is 0.627. The molecule has 0 saturated carbocycles. The Morgan fingerprint density at radius 2 is 1.50 bits per heavy atom. The first-order chi connectivity index (χ1) is 12.7. The summed E-state index contributed by atoms with van der Waals surface area (Å²) in [6.45, 7) is 0. The monoisotopic (exact) mass is 342 g/mol. The largest absolute Gasteiger partial charge is 0.268 e. The van der Waals surface area contributed by atoms with Crippen LogP contribution in [0.15, 0.2) is 83.7 Å². The summed E-state index contributed by atoms with van der Waals surface area (Å²) in [5, 5.41) is 0.522. The zero-order chi connectivity index (χ0) is 17.9. The maximum absolute atomic E-state index is 13.3. The van der Waals surface area contributed by atoms with Gasteiger partial charge in [-0.05, 0) is 48.0 Å². The zero-order valence-electron chi connectivity index (χ0n) is 13.8. The van der Waals surface area contributed by atoms with Crippen molar-refractivity contribution in [1.82, 2.24) is 9.55 Å². The molecule has 4 aromatic rings. The molecule has 0 radical (unpaired) electrons. The van der Waals surface area contributed by atoms with E-state index in [0.29, 0.717) is 22.4 Å². The summed E-state index contributed by atoms with van der Waals surface area (Å²) in [4.78, 5) is 17.7. The fourth-order valence-corrected chi connectivity index (χ4v) is 2.84. The number of nitrogens with zero attached hydrogens (tertiary/aromatic N) is 2. The lowest BCUT2D eigenvalue weighted by Crippen LogP contribution is -2.22. The Morgan fingerprint density at radius 1 is 0.808 bits per heavy atom. The molecule has 0 fully saturated rings. The molecule has 0 bridgehead atoms. The quantitative estimate of drug-likeness (QED) is 0.541. The highest BCUT2D eigenvalue weighted by molar-refractivity contribution is 5.80. The van der Waals surface area contributed by atoms with Crippen LogP contribution in [0.25, 0.3) is 28.7 Å². The Labute approximate surface area is 149 Å². The predicted octanol–water partition coefficient (Wildman–Crippen LogP) is 4.70. The minimum absolute atomic E-state index is 0.185. The van der Waals surface area contributed by atoms with E-state index in [-0.39, 0.29) is 11.4 Å². The molecule has 26 heavy (non-hydrogen) atoms. The van der Waals surface area contributed by atoms with Crippen LogP contribution in [0.3, 0.4) is 0 Å². The average Bonchev–Trinajstić information content (AvgIpc) is 2.68. The van der Waals surface area contributed by atoms with Crippen LogP contribution in [0.4, 0.5) is 4.39 Å². The second-order valence-corrected chi connectivity index (χ2v) is 5.85. The van der Waals surface area contributed by atoms with Gasteiger partial charge in [-0.3, -0.25) is 9.36 Å². The van der Waals surface area contributed by atoms with E-state index in [1.165, 1.54) is 16.7 Å². The fraction of sp³-hybridized carbons (Fsp3) is 0. The number of hydrogen-bond donors (Lipinski definition) is 0. The highest BCUT2D eigenvalue weighted by Gasteiger charge is 2.11. The summed E-state index contributed by atoms with van der Waals surface area (Å²) in [5.41, 5.74) is 2.02. The molecule has 0 spiro atoms. The van der Waals surface area contributed by atoms with E-state index in [0.717, 1.165) is 5.56 Å². The Morgan fingerprint density at radius 3 is 2.27 bits per heavy atom.